The smallest absolute Gasteiger partial charge is 0.338 e. The molecule has 0 spiro atoms. The van der Waals surface area contributed by atoms with E-state index in [0.717, 1.165) is 42.6 Å². The van der Waals surface area contributed by atoms with Gasteiger partial charge in [-0.3, -0.25) is 0 Å². The monoisotopic (exact) mass is 531 g/mol. The number of carbonyl (C=O) groups is 1. The SMILES string of the molecule is Cc1cc(C)n2nc(CC3=C(O)C(CCc4ccc(C(C)(C)C#N)c(F)c4)[C@@H](C4CCCC4)OC3=O)nc2n1. The van der Waals surface area contributed by atoms with Gasteiger partial charge in [0.1, 0.15) is 17.7 Å². The number of halogens is 1. The van der Waals surface area contributed by atoms with Crippen LogP contribution in [-0.4, -0.2) is 36.8 Å². The highest BCUT2D eigenvalue weighted by molar-refractivity contribution is 5.90. The van der Waals surface area contributed by atoms with Gasteiger partial charge in [-0.25, -0.2) is 18.7 Å². The first kappa shape index (κ1) is 26.8. The zero-order valence-electron chi connectivity index (χ0n) is 22.9. The lowest BCUT2D eigenvalue weighted by Gasteiger charge is -2.35. The van der Waals surface area contributed by atoms with Gasteiger partial charge in [0.05, 0.1) is 23.0 Å². The molecule has 1 aliphatic carbocycles. The largest absolute Gasteiger partial charge is 0.511 e. The molecule has 2 aromatic heterocycles. The molecular weight excluding hydrogens is 497 g/mol. The van der Waals surface area contributed by atoms with Crippen molar-refractivity contribution in [2.75, 3.05) is 0 Å². The summed E-state index contributed by atoms with van der Waals surface area (Å²) in [6.07, 6.45) is 4.62. The van der Waals surface area contributed by atoms with Crippen LogP contribution < -0.4 is 0 Å². The number of hydrogen-bond acceptors (Lipinski definition) is 7. The third-order valence-corrected chi connectivity index (χ3v) is 8.14. The van der Waals surface area contributed by atoms with Crippen LogP contribution in [0.4, 0.5) is 4.39 Å². The first-order valence-corrected chi connectivity index (χ1v) is 13.6. The fourth-order valence-electron chi connectivity index (χ4n) is 5.98. The second kappa shape index (κ2) is 10.4. The quantitative estimate of drug-likeness (QED) is 0.406. The Morgan fingerprint density at radius 1 is 1.21 bits per heavy atom. The summed E-state index contributed by atoms with van der Waals surface area (Å²) in [5, 5.41) is 25.4. The lowest BCUT2D eigenvalue weighted by atomic mass is 9.80. The molecule has 0 radical (unpaired) electrons. The summed E-state index contributed by atoms with van der Waals surface area (Å²) in [5.41, 5.74) is 2.04. The van der Waals surface area contributed by atoms with Gasteiger partial charge in [-0.2, -0.15) is 10.2 Å². The molecule has 1 fully saturated rings. The number of hydrogen-bond donors (Lipinski definition) is 1. The van der Waals surface area contributed by atoms with Gasteiger partial charge in [-0.1, -0.05) is 25.0 Å². The molecule has 1 unspecified atom stereocenters. The first-order valence-electron chi connectivity index (χ1n) is 13.6. The molecule has 5 rings (SSSR count). The maximum Gasteiger partial charge on any atom is 0.338 e. The highest BCUT2D eigenvalue weighted by Gasteiger charge is 2.43. The Labute approximate surface area is 227 Å². The number of benzene rings is 1. The fraction of sp³-hybridized carbons (Fsp3) is 0.500. The molecule has 2 aliphatic rings. The van der Waals surface area contributed by atoms with E-state index in [1.54, 1.807) is 24.4 Å². The Hall–Kier alpha value is -3.80. The van der Waals surface area contributed by atoms with Gasteiger partial charge in [-0.05, 0) is 77.0 Å². The molecule has 9 heteroatoms. The lowest BCUT2D eigenvalue weighted by Crippen LogP contribution is -2.40. The van der Waals surface area contributed by atoms with E-state index in [2.05, 4.69) is 21.1 Å². The lowest BCUT2D eigenvalue weighted by molar-refractivity contribution is -0.154. The van der Waals surface area contributed by atoms with E-state index in [4.69, 9.17) is 4.74 Å². The zero-order chi connectivity index (χ0) is 27.9. The van der Waals surface area contributed by atoms with E-state index < -0.39 is 29.2 Å². The number of aliphatic hydroxyl groups is 1. The van der Waals surface area contributed by atoms with Gasteiger partial charge in [0.2, 0.25) is 0 Å². The third-order valence-electron chi connectivity index (χ3n) is 8.14. The van der Waals surface area contributed by atoms with Crippen molar-refractivity contribution in [2.45, 2.75) is 84.2 Å². The van der Waals surface area contributed by atoms with E-state index in [-0.39, 0.29) is 23.7 Å². The molecule has 0 amide bonds. The standard InChI is InChI=1S/C30H34FN5O3/c1-17-13-18(2)36-29(33-17)34-25(35-36)15-22-26(37)21(27(39-28(22)38)20-7-5-6-8-20)11-9-19-10-12-23(24(31)14-19)30(3,4)16-32/h10,12-14,20-21,27,37H,5-9,11,15H2,1-4H3/t21?,27-/m1/s1. The van der Waals surface area contributed by atoms with E-state index in [1.165, 1.54) is 6.07 Å². The predicted molar refractivity (Wildman–Crippen MR) is 142 cm³/mol. The highest BCUT2D eigenvalue weighted by Crippen LogP contribution is 2.40. The van der Waals surface area contributed by atoms with E-state index >= 15 is 0 Å². The minimum absolute atomic E-state index is 0.0190. The Kier molecular flexibility index (Phi) is 7.15. The number of aromatic nitrogens is 4. The molecule has 3 aromatic rings. The van der Waals surface area contributed by atoms with Crippen LogP contribution in [0.1, 0.15) is 74.3 Å². The molecule has 204 valence electrons. The fourth-order valence-corrected chi connectivity index (χ4v) is 5.98. The Bertz CT molecular complexity index is 1500. The van der Waals surface area contributed by atoms with Gasteiger partial charge >= 0.3 is 5.97 Å². The number of ether oxygens (including phenoxy) is 1. The zero-order valence-corrected chi connectivity index (χ0v) is 22.9. The second-order valence-electron chi connectivity index (χ2n) is 11.4. The summed E-state index contributed by atoms with van der Waals surface area (Å²) in [4.78, 5) is 22.0. The topological polar surface area (TPSA) is 113 Å². The summed E-state index contributed by atoms with van der Waals surface area (Å²) >= 11 is 0. The van der Waals surface area contributed by atoms with E-state index in [9.17, 15) is 19.6 Å². The minimum Gasteiger partial charge on any atom is -0.511 e. The summed E-state index contributed by atoms with van der Waals surface area (Å²) in [7, 11) is 0. The van der Waals surface area contributed by atoms with Crippen molar-refractivity contribution in [1.82, 2.24) is 19.6 Å². The average Bonchev–Trinajstić information content (AvgIpc) is 3.56. The Morgan fingerprint density at radius 3 is 2.64 bits per heavy atom. The van der Waals surface area contributed by atoms with Crippen LogP contribution in [-0.2, 0) is 27.8 Å². The molecule has 0 saturated heterocycles. The number of nitriles is 1. The van der Waals surface area contributed by atoms with Crippen molar-refractivity contribution in [3.05, 3.63) is 69.8 Å². The van der Waals surface area contributed by atoms with Gasteiger partial charge in [0, 0.05) is 23.4 Å². The minimum atomic E-state index is -0.928. The van der Waals surface area contributed by atoms with Crippen molar-refractivity contribution in [2.24, 2.45) is 11.8 Å². The molecule has 1 aromatic carbocycles. The van der Waals surface area contributed by atoms with E-state index in [1.807, 2.05) is 26.0 Å². The molecule has 1 saturated carbocycles. The summed E-state index contributed by atoms with van der Waals surface area (Å²) < 4.78 is 22.5. The molecule has 3 heterocycles. The van der Waals surface area contributed by atoms with Crippen LogP contribution in [0.25, 0.3) is 5.78 Å². The van der Waals surface area contributed by atoms with Crippen LogP contribution in [0, 0.1) is 42.8 Å². The molecule has 39 heavy (non-hydrogen) atoms. The molecule has 0 bridgehead atoms. The number of aryl methyl sites for hydroxylation is 3. The van der Waals surface area contributed by atoms with Crippen LogP contribution in [0.3, 0.4) is 0 Å². The first-order chi connectivity index (χ1) is 18.6. The number of esters is 1. The molecular formula is C30H34FN5O3. The highest BCUT2D eigenvalue weighted by atomic mass is 19.1. The predicted octanol–water partition coefficient (Wildman–Crippen LogP) is 5.40. The van der Waals surface area contributed by atoms with Crippen molar-refractivity contribution < 1.29 is 19.0 Å². The van der Waals surface area contributed by atoms with Crippen molar-refractivity contribution >= 4 is 11.7 Å². The van der Waals surface area contributed by atoms with Gasteiger partial charge in [0.15, 0.2) is 5.82 Å². The summed E-state index contributed by atoms with van der Waals surface area (Å²) in [6.45, 7) is 7.17. The third kappa shape index (κ3) is 5.25. The average molecular weight is 532 g/mol. The number of nitrogens with zero attached hydrogens (tertiary/aromatic N) is 5. The summed E-state index contributed by atoms with van der Waals surface area (Å²) in [5.74, 6) is -0.332. The van der Waals surface area contributed by atoms with Crippen LogP contribution in [0.2, 0.25) is 0 Å². The maximum atomic E-state index is 14.9. The van der Waals surface area contributed by atoms with Crippen molar-refractivity contribution in [3.63, 3.8) is 0 Å². The van der Waals surface area contributed by atoms with Crippen LogP contribution in [0.5, 0.6) is 0 Å². The number of carbonyl (C=O) groups excluding carboxylic acids is 1. The van der Waals surface area contributed by atoms with Crippen molar-refractivity contribution in [3.8, 4) is 6.07 Å². The van der Waals surface area contributed by atoms with Crippen LogP contribution >= 0.6 is 0 Å². The van der Waals surface area contributed by atoms with Crippen molar-refractivity contribution in [1.29, 1.82) is 5.26 Å². The normalized spacial score (nSPS) is 20.5. The number of rotatable bonds is 7. The second-order valence-corrected chi connectivity index (χ2v) is 11.4. The van der Waals surface area contributed by atoms with E-state index in [0.29, 0.717) is 30.0 Å². The number of aliphatic hydroxyl groups excluding tert-OH is 1. The number of fused-ring (bicyclic) bond motifs is 1. The van der Waals surface area contributed by atoms with Gasteiger partial charge in [-0.15, -0.1) is 5.10 Å². The Morgan fingerprint density at radius 2 is 1.95 bits per heavy atom. The molecule has 1 aliphatic heterocycles. The molecule has 2 atom stereocenters. The Balaban J connectivity index is 1.43. The molecule has 1 N–H and O–H groups in total. The van der Waals surface area contributed by atoms with Gasteiger partial charge in [0.25, 0.3) is 5.78 Å². The van der Waals surface area contributed by atoms with Gasteiger partial charge < -0.3 is 9.84 Å². The summed E-state index contributed by atoms with van der Waals surface area (Å²) in [6, 6.07) is 9.00. The maximum absolute atomic E-state index is 14.9. The molecule has 8 nitrogen and oxygen atoms in total. The van der Waals surface area contributed by atoms with Crippen LogP contribution in [0.15, 0.2) is 35.6 Å². The number of cyclic esters (lactones) is 1.